The lowest BCUT2D eigenvalue weighted by molar-refractivity contribution is -0.120. The van der Waals surface area contributed by atoms with Crippen LogP contribution in [0.5, 0.6) is 5.75 Å². The second kappa shape index (κ2) is 12.6. The van der Waals surface area contributed by atoms with E-state index in [1.807, 2.05) is 54.6 Å². The Kier molecular flexibility index (Phi) is 8.93. The molecule has 0 unspecified atom stereocenters. The molecule has 1 N–H and O–H groups in total. The maximum atomic E-state index is 13.9. The number of unbranched alkanes of at least 4 members (excludes halogenated alkanes) is 1. The van der Waals surface area contributed by atoms with E-state index in [1.165, 1.54) is 23.1 Å². The van der Waals surface area contributed by atoms with Crippen molar-refractivity contribution in [1.29, 1.82) is 0 Å². The largest absolute Gasteiger partial charge is 0.494 e. The molecule has 40 heavy (non-hydrogen) atoms. The number of carbonyl (C=O) groups excluding carboxylic acids is 1. The van der Waals surface area contributed by atoms with Crippen LogP contribution in [0.3, 0.4) is 0 Å². The van der Waals surface area contributed by atoms with E-state index in [1.54, 1.807) is 4.57 Å². The summed E-state index contributed by atoms with van der Waals surface area (Å²) in [6, 6.07) is 17.4. The van der Waals surface area contributed by atoms with Gasteiger partial charge in [0.1, 0.15) is 10.6 Å². The minimum atomic E-state index is -0.323. The number of fused-ring (bicyclic) bond motifs is 3. The molecule has 2 aromatic heterocycles. The Balaban J connectivity index is 1.28. The molecular formula is C31H35N3O4S2. The van der Waals surface area contributed by atoms with Crippen LogP contribution in [0.1, 0.15) is 56.0 Å². The van der Waals surface area contributed by atoms with Gasteiger partial charge in [0.25, 0.3) is 5.56 Å². The summed E-state index contributed by atoms with van der Waals surface area (Å²) in [5.41, 5.74) is 2.44. The Labute approximate surface area is 242 Å². The van der Waals surface area contributed by atoms with Gasteiger partial charge in [-0.1, -0.05) is 55.4 Å². The van der Waals surface area contributed by atoms with Crippen LogP contribution in [0.15, 0.2) is 64.5 Å². The fraction of sp³-hybridized carbons (Fsp3) is 0.387. The molecule has 0 saturated heterocycles. The molecule has 0 spiro atoms. The van der Waals surface area contributed by atoms with Crippen molar-refractivity contribution in [3.63, 3.8) is 0 Å². The normalized spacial score (nSPS) is 14.2. The van der Waals surface area contributed by atoms with Crippen LogP contribution in [0.25, 0.3) is 15.9 Å². The number of hydrogen-bond donors (Lipinski definition) is 1. The molecule has 0 atom stereocenters. The van der Waals surface area contributed by atoms with Crippen molar-refractivity contribution in [2.45, 2.75) is 70.4 Å². The second-order valence-electron chi connectivity index (χ2n) is 10.5. The van der Waals surface area contributed by atoms with E-state index in [9.17, 15) is 9.59 Å². The number of ether oxygens (including phenoxy) is 2. The number of carbonyl (C=O) groups is 1. The molecule has 210 valence electrons. The van der Waals surface area contributed by atoms with Gasteiger partial charge in [0.15, 0.2) is 5.16 Å². The molecule has 0 radical (unpaired) electrons. The topological polar surface area (TPSA) is 82.5 Å². The first-order valence-electron chi connectivity index (χ1n) is 13.7. The van der Waals surface area contributed by atoms with Crippen molar-refractivity contribution in [2.75, 3.05) is 12.4 Å². The summed E-state index contributed by atoms with van der Waals surface area (Å²) in [4.78, 5) is 33.3. The molecule has 4 aromatic rings. The van der Waals surface area contributed by atoms with Gasteiger partial charge in [-0.3, -0.25) is 14.2 Å². The van der Waals surface area contributed by atoms with E-state index in [0.29, 0.717) is 48.9 Å². The van der Waals surface area contributed by atoms with Crippen LogP contribution in [-0.4, -0.2) is 33.4 Å². The van der Waals surface area contributed by atoms with Gasteiger partial charge in [-0.2, -0.15) is 0 Å². The molecule has 1 aliphatic rings. The number of aromatic nitrogens is 2. The predicted molar refractivity (Wildman–Crippen MR) is 162 cm³/mol. The average Bonchev–Trinajstić information content (AvgIpc) is 3.30. The Morgan fingerprint density at radius 2 is 1.95 bits per heavy atom. The molecule has 1 amide bonds. The van der Waals surface area contributed by atoms with Crippen molar-refractivity contribution in [3.8, 4) is 11.4 Å². The number of benzene rings is 2. The summed E-state index contributed by atoms with van der Waals surface area (Å²) in [7, 11) is 0. The third-order valence-electron chi connectivity index (χ3n) is 6.83. The molecular weight excluding hydrogens is 542 g/mol. The Hall–Kier alpha value is -3.14. The van der Waals surface area contributed by atoms with Gasteiger partial charge >= 0.3 is 0 Å². The summed E-state index contributed by atoms with van der Waals surface area (Å²) >= 11 is 2.96. The molecule has 0 saturated carbocycles. The van der Waals surface area contributed by atoms with E-state index in [2.05, 4.69) is 26.1 Å². The second-order valence-corrected chi connectivity index (χ2v) is 12.6. The summed E-state index contributed by atoms with van der Waals surface area (Å²) < 4.78 is 13.4. The highest BCUT2D eigenvalue weighted by atomic mass is 32.2. The Bertz CT molecular complexity index is 1530. The van der Waals surface area contributed by atoms with Crippen LogP contribution >= 0.6 is 23.1 Å². The number of amides is 1. The number of thioether (sulfide) groups is 1. The fourth-order valence-corrected chi connectivity index (χ4v) is 6.73. The van der Waals surface area contributed by atoms with E-state index in [0.717, 1.165) is 45.1 Å². The van der Waals surface area contributed by atoms with Gasteiger partial charge < -0.3 is 14.8 Å². The highest BCUT2D eigenvalue weighted by molar-refractivity contribution is 7.99. The van der Waals surface area contributed by atoms with Crippen LogP contribution in [0.4, 0.5) is 0 Å². The maximum Gasteiger partial charge on any atom is 0.267 e. The molecule has 1 aliphatic heterocycles. The average molecular weight is 578 g/mol. The third kappa shape index (κ3) is 6.59. The SMILES string of the molecule is CCCCOc1ccc(CNC(=O)CCSc2nc3sc4c(c3c(=O)n2-c2ccccc2)CC(C)(C)OC4)cc1. The first-order chi connectivity index (χ1) is 19.3. The third-order valence-corrected chi connectivity index (χ3v) is 8.87. The van der Waals surface area contributed by atoms with Crippen molar-refractivity contribution < 1.29 is 14.3 Å². The summed E-state index contributed by atoms with van der Waals surface area (Å²) in [5, 5.41) is 4.27. The molecule has 0 fully saturated rings. The minimum absolute atomic E-state index is 0.0450. The monoisotopic (exact) mass is 577 g/mol. The van der Waals surface area contributed by atoms with Gasteiger partial charge in [-0.25, -0.2) is 4.98 Å². The standard InChI is InChI=1S/C31H35N3O4S2/c1-4-5-16-37-23-13-11-21(12-14-23)19-32-26(35)15-17-39-30-33-28-27(24-18-31(2,3)38-20-25(24)40-28)29(36)34(30)22-9-7-6-8-10-22/h6-14H,4-5,15-20H2,1-3H3,(H,32,35). The van der Waals surface area contributed by atoms with Crippen LogP contribution in [0, 0.1) is 0 Å². The fourth-order valence-electron chi connectivity index (χ4n) is 4.64. The number of para-hydroxylation sites is 1. The number of rotatable bonds is 11. The first-order valence-corrected chi connectivity index (χ1v) is 15.5. The van der Waals surface area contributed by atoms with Gasteiger partial charge in [0.05, 0.1) is 29.9 Å². The molecule has 0 bridgehead atoms. The van der Waals surface area contributed by atoms with Gasteiger partial charge in [0.2, 0.25) is 5.91 Å². The van der Waals surface area contributed by atoms with Crippen LogP contribution in [0.2, 0.25) is 0 Å². The molecule has 5 rings (SSSR count). The van der Waals surface area contributed by atoms with E-state index in [4.69, 9.17) is 14.5 Å². The zero-order chi connectivity index (χ0) is 28.1. The summed E-state index contributed by atoms with van der Waals surface area (Å²) in [5.74, 6) is 1.30. The minimum Gasteiger partial charge on any atom is -0.494 e. The molecule has 7 nitrogen and oxygen atoms in total. The number of nitrogens with one attached hydrogen (secondary N) is 1. The number of hydrogen-bond acceptors (Lipinski definition) is 7. The molecule has 2 aromatic carbocycles. The van der Waals surface area contributed by atoms with Crippen molar-refractivity contribution >= 4 is 39.2 Å². The van der Waals surface area contributed by atoms with Crippen LogP contribution in [-0.2, 0) is 29.1 Å². The molecule has 3 heterocycles. The van der Waals surface area contributed by atoms with Crippen molar-refractivity contribution in [2.24, 2.45) is 0 Å². The smallest absolute Gasteiger partial charge is 0.267 e. The quantitative estimate of drug-likeness (QED) is 0.128. The lowest BCUT2D eigenvalue weighted by atomic mass is 9.94. The predicted octanol–water partition coefficient (Wildman–Crippen LogP) is 6.28. The maximum absolute atomic E-state index is 13.9. The molecule has 9 heteroatoms. The van der Waals surface area contributed by atoms with Crippen LogP contribution < -0.4 is 15.6 Å². The lowest BCUT2D eigenvalue weighted by Gasteiger charge is -2.29. The Morgan fingerprint density at radius 1 is 1.18 bits per heavy atom. The van der Waals surface area contributed by atoms with Gasteiger partial charge in [-0.05, 0) is 55.7 Å². The summed E-state index contributed by atoms with van der Waals surface area (Å²) in [6.07, 6.45) is 3.12. The highest BCUT2D eigenvalue weighted by Crippen LogP contribution is 2.38. The van der Waals surface area contributed by atoms with Crippen molar-refractivity contribution in [1.82, 2.24) is 14.9 Å². The van der Waals surface area contributed by atoms with Gasteiger partial charge in [0, 0.05) is 30.0 Å². The van der Waals surface area contributed by atoms with Gasteiger partial charge in [-0.15, -0.1) is 11.3 Å². The van der Waals surface area contributed by atoms with Crippen molar-refractivity contribution in [3.05, 3.63) is 81.0 Å². The van der Waals surface area contributed by atoms with E-state index in [-0.39, 0.29) is 17.1 Å². The zero-order valence-corrected chi connectivity index (χ0v) is 24.8. The number of nitrogens with zero attached hydrogens (tertiary/aromatic N) is 2. The highest BCUT2D eigenvalue weighted by Gasteiger charge is 2.31. The first kappa shape index (κ1) is 28.4. The Morgan fingerprint density at radius 3 is 2.70 bits per heavy atom. The van der Waals surface area contributed by atoms with E-state index < -0.39 is 0 Å². The molecule has 0 aliphatic carbocycles. The summed E-state index contributed by atoms with van der Waals surface area (Å²) in [6.45, 7) is 7.90. The number of thiophene rings is 1. The lowest BCUT2D eigenvalue weighted by Crippen LogP contribution is -2.32. The van der Waals surface area contributed by atoms with E-state index >= 15 is 0 Å². The zero-order valence-electron chi connectivity index (χ0n) is 23.2.